The van der Waals surface area contributed by atoms with Crippen LogP contribution in [-0.4, -0.2) is 92.9 Å². The van der Waals surface area contributed by atoms with Crippen molar-refractivity contribution in [3.63, 3.8) is 0 Å². The molecule has 0 spiro atoms. The lowest BCUT2D eigenvalue weighted by Crippen LogP contribution is -2.41. The lowest BCUT2D eigenvalue weighted by molar-refractivity contribution is -0.143. The molecule has 1 saturated heterocycles. The second-order valence-corrected chi connectivity index (χ2v) is 11.0. The molecule has 2 aromatic carbocycles. The number of likely N-dealkylation sites (N-methyl/N-ethyl adjacent to an activating group) is 1. The monoisotopic (exact) mass is 605 g/mol. The number of carbonyl (C=O) groups is 4. The van der Waals surface area contributed by atoms with Crippen molar-refractivity contribution in [3.8, 4) is 11.1 Å². The summed E-state index contributed by atoms with van der Waals surface area (Å²) in [5, 5.41) is 13.1. The fourth-order valence-corrected chi connectivity index (χ4v) is 5.73. The topological polar surface area (TPSA) is 132 Å². The van der Waals surface area contributed by atoms with E-state index in [-0.39, 0.29) is 44.0 Å². The number of likely N-dealkylation sites (tertiary alicyclic amines) is 1. The summed E-state index contributed by atoms with van der Waals surface area (Å²) >= 11 is 0. The van der Waals surface area contributed by atoms with Gasteiger partial charge in [-0.2, -0.15) is 10.2 Å². The van der Waals surface area contributed by atoms with Gasteiger partial charge in [0.15, 0.2) is 0 Å². The molecule has 0 radical (unpaired) electrons. The Morgan fingerprint density at radius 2 is 1.86 bits per heavy atom. The molecule has 0 saturated carbocycles. The van der Waals surface area contributed by atoms with Gasteiger partial charge in [-0.15, -0.1) is 0 Å². The van der Waals surface area contributed by atoms with E-state index in [2.05, 4.69) is 10.4 Å². The van der Waals surface area contributed by atoms with Gasteiger partial charge in [0.05, 0.1) is 36.1 Å². The summed E-state index contributed by atoms with van der Waals surface area (Å²) in [6.45, 7) is 3.89. The summed E-state index contributed by atoms with van der Waals surface area (Å²) in [4.78, 5) is 52.2. The summed E-state index contributed by atoms with van der Waals surface area (Å²) in [6.07, 6.45) is 2.98. The number of ether oxygens (including phenoxy) is 1. The molecule has 2 aromatic heterocycles. The molecule has 0 unspecified atom stereocenters. The van der Waals surface area contributed by atoms with E-state index >= 15 is 4.39 Å². The van der Waals surface area contributed by atoms with Gasteiger partial charge in [0, 0.05) is 56.4 Å². The molecular formula is C31H36FN7O5. The third-order valence-electron chi connectivity index (χ3n) is 8.08. The smallest absolute Gasteiger partial charge is 0.325 e. The minimum Gasteiger partial charge on any atom is -0.465 e. The van der Waals surface area contributed by atoms with E-state index in [4.69, 9.17) is 9.84 Å². The van der Waals surface area contributed by atoms with Crippen LogP contribution in [0.25, 0.3) is 32.9 Å². The van der Waals surface area contributed by atoms with Crippen molar-refractivity contribution >= 4 is 45.5 Å². The van der Waals surface area contributed by atoms with Gasteiger partial charge in [-0.25, -0.2) is 4.39 Å². The zero-order valence-electron chi connectivity index (χ0n) is 25.3. The van der Waals surface area contributed by atoms with E-state index in [1.807, 2.05) is 18.2 Å². The number of hydrogen-bond donors (Lipinski definition) is 1. The third-order valence-corrected chi connectivity index (χ3v) is 8.08. The highest BCUT2D eigenvalue weighted by Crippen LogP contribution is 2.39. The van der Waals surface area contributed by atoms with Crippen LogP contribution in [0, 0.1) is 5.82 Å². The van der Waals surface area contributed by atoms with Crippen LogP contribution in [0.3, 0.4) is 0 Å². The molecule has 3 heterocycles. The summed E-state index contributed by atoms with van der Waals surface area (Å²) in [6, 6.07) is 8.75. The number of aryl methyl sites for hydroxylation is 1. The van der Waals surface area contributed by atoms with Crippen molar-refractivity contribution in [2.75, 3.05) is 39.8 Å². The summed E-state index contributed by atoms with van der Waals surface area (Å²) < 4.78 is 23.7. The third kappa shape index (κ3) is 6.26. The van der Waals surface area contributed by atoms with Crippen LogP contribution >= 0.6 is 0 Å². The van der Waals surface area contributed by atoms with Gasteiger partial charge in [-0.1, -0.05) is 12.1 Å². The minimum atomic E-state index is -0.561. The Morgan fingerprint density at radius 1 is 1.11 bits per heavy atom. The number of piperidine rings is 1. The Balaban J connectivity index is 1.48. The van der Waals surface area contributed by atoms with Gasteiger partial charge in [-0.05, 0) is 43.5 Å². The van der Waals surface area contributed by atoms with Gasteiger partial charge < -0.3 is 19.9 Å². The molecule has 1 fully saturated rings. The largest absolute Gasteiger partial charge is 0.465 e. The lowest BCUT2D eigenvalue weighted by Gasteiger charge is -2.30. The van der Waals surface area contributed by atoms with Crippen LogP contribution in [0.5, 0.6) is 0 Å². The summed E-state index contributed by atoms with van der Waals surface area (Å²) in [5.74, 6) is -1.82. The molecule has 13 heteroatoms. The molecule has 1 aliphatic heterocycles. The molecule has 0 aliphatic carbocycles. The number of nitrogens with zero attached hydrogens (tertiary/aromatic N) is 6. The zero-order chi connectivity index (χ0) is 31.5. The van der Waals surface area contributed by atoms with E-state index < -0.39 is 17.7 Å². The Labute approximate surface area is 253 Å². The maximum Gasteiger partial charge on any atom is 0.325 e. The summed E-state index contributed by atoms with van der Waals surface area (Å²) in [5.41, 5.74) is 3.23. The van der Waals surface area contributed by atoms with Crippen molar-refractivity contribution in [1.82, 2.24) is 34.7 Å². The van der Waals surface area contributed by atoms with E-state index in [1.165, 1.54) is 18.0 Å². The predicted octanol–water partition coefficient (Wildman–Crippen LogP) is 2.59. The molecule has 12 nitrogen and oxygen atoms in total. The first-order valence-corrected chi connectivity index (χ1v) is 14.6. The molecule has 0 atom stereocenters. The highest BCUT2D eigenvalue weighted by atomic mass is 19.1. The van der Waals surface area contributed by atoms with Gasteiger partial charge >= 0.3 is 5.97 Å². The summed E-state index contributed by atoms with van der Waals surface area (Å²) in [7, 11) is 3.30. The van der Waals surface area contributed by atoms with Crippen molar-refractivity contribution in [3.05, 3.63) is 48.0 Å². The highest BCUT2D eigenvalue weighted by molar-refractivity contribution is 6.00. The van der Waals surface area contributed by atoms with Crippen LogP contribution in [0.4, 0.5) is 4.39 Å². The second kappa shape index (κ2) is 12.8. The Hall–Kier alpha value is -4.81. The molecule has 1 N–H and O–H groups in total. The number of carbonyl (C=O) groups excluding carboxylic acids is 4. The first-order valence-electron chi connectivity index (χ1n) is 14.6. The van der Waals surface area contributed by atoms with Crippen LogP contribution < -0.4 is 5.32 Å². The second-order valence-electron chi connectivity index (χ2n) is 11.0. The first kappa shape index (κ1) is 30.6. The fraction of sp³-hybridized carbons (Fsp3) is 0.419. The predicted molar refractivity (Wildman–Crippen MR) is 161 cm³/mol. The van der Waals surface area contributed by atoms with E-state index in [9.17, 15) is 19.2 Å². The number of rotatable bonds is 9. The Bertz CT molecular complexity index is 1740. The lowest BCUT2D eigenvalue weighted by atomic mass is 9.89. The number of hydrogen-bond acceptors (Lipinski definition) is 7. The van der Waals surface area contributed by atoms with Crippen LogP contribution in [0.2, 0.25) is 0 Å². The molecule has 0 bridgehead atoms. The minimum absolute atomic E-state index is 0.0134. The zero-order valence-corrected chi connectivity index (χ0v) is 25.3. The van der Waals surface area contributed by atoms with Gasteiger partial charge in [0.2, 0.25) is 17.7 Å². The average molecular weight is 606 g/mol. The van der Waals surface area contributed by atoms with E-state index in [0.29, 0.717) is 48.0 Å². The maximum absolute atomic E-state index is 15.6. The fourth-order valence-electron chi connectivity index (χ4n) is 5.73. The molecule has 5 rings (SSSR count). The van der Waals surface area contributed by atoms with Crippen molar-refractivity contribution in [2.45, 2.75) is 39.2 Å². The maximum atomic E-state index is 15.6. The molecule has 3 amide bonds. The number of aromatic nitrogens is 4. The molecule has 1 aliphatic rings. The Morgan fingerprint density at radius 3 is 2.57 bits per heavy atom. The molecule has 232 valence electrons. The normalized spacial score (nSPS) is 13.8. The SMILES string of the molecule is CCOC(=O)CNC(=O)CN(C)C(=O)Cn1nc(C2CCN(C(C)=O)CC2)c2c(-c3cc4c(cnn4C)cc3F)cccc21. The van der Waals surface area contributed by atoms with Crippen LogP contribution in [0.15, 0.2) is 36.5 Å². The first-order chi connectivity index (χ1) is 21.1. The number of amides is 3. The van der Waals surface area contributed by atoms with Crippen LogP contribution in [0.1, 0.15) is 38.3 Å². The Kier molecular flexibility index (Phi) is 8.93. The standard InChI is InChI=1S/C31H36FN7O5/c1-5-44-29(43)16-33-27(41)17-36(3)28(42)18-39-25-8-6-7-22(23-14-26-21(13-24(23)32)15-34-37(26)4)30(25)31(35-39)20-9-11-38(12-10-20)19(2)40/h6-8,13-15,20H,5,9-12,16-18H2,1-4H3,(H,33,41). The van der Waals surface area contributed by atoms with Crippen molar-refractivity contribution < 1.29 is 28.3 Å². The van der Waals surface area contributed by atoms with Crippen molar-refractivity contribution in [1.29, 1.82) is 0 Å². The number of fused-ring (bicyclic) bond motifs is 2. The van der Waals surface area contributed by atoms with Gasteiger partial charge in [0.1, 0.15) is 18.9 Å². The van der Waals surface area contributed by atoms with Gasteiger partial charge in [0.25, 0.3) is 0 Å². The molecular weight excluding hydrogens is 569 g/mol. The quantitative estimate of drug-likeness (QED) is 0.290. The number of nitrogens with one attached hydrogen (secondary N) is 1. The number of esters is 1. The average Bonchev–Trinajstić information content (AvgIpc) is 3.55. The van der Waals surface area contributed by atoms with Crippen LogP contribution in [-0.2, 0) is 37.5 Å². The van der Waals surface area contributed by atoms with Gasteiger partial charge in [-0.3, -0.25) is 28.5 Å². The molecule has 4 aromatic rings. The van der Waals surface area contributed by atoms with Crippen molar-refractivity contribution in [2.24, 2.45) is 7.05 Å². The number of halogens is 1. The van der Waals surface area contributed by atoms with E-state index in [1.54, 1.807) is 47.4 Å². The number of benzene rings is 2. The molecule has 44 heavy (non-hydrogen) atoms. The van der Waals surface area contributed by atoms with E-state index in [0.717, 1.165) is 16.6 Å². The highest BCUT2D eigenvalue weighted by Gasteiger charge is 2.29.